The van der Waals surface area contributed by atoms with Crippen molar-refractivity contribution in [2.45, 2.75) is 6.92 Å². The van der Waals surface area contributed by atoms with Crippen LogP contribution in [0.15, 0.2) is 66.9 Å². The highest BCUT2D eigenvalue weighted by atomic mass is 35.5. The number of aromatic nitrogens is 1. The molecule has 0 bridgehead atoms. The highest BCUT2D eigenvalue weighted by Gasteiger charge is 2.06. The summed E-state index contributed by atoms with van der Waals surface area (Å²) in [5.74, 6) is 0.532. The number of benzene rings is 2. The molecule has 1 amide bonds. The molecule has 1 heterocycles. The third kappa shape index (κ3) is 3.91. The molecule has 1 aromatic heterocycles. The Morgan fingerprint density at radius 2 is 1.83 bits per heavy atom. The van der Waals surface area contributed by atoms with Gasteiger partial charge in [-0.05, 0) is 55.0 Å². The molecule has 3 rings (SSSR count). The lowest BCUT2D eigenvalue weighted by Gasteiger charge is -2.10. The highest BCUT2D eigenvalue weighted by Crippen LogP contribution is 2.23. The SMILES string of the molecule is Cc1cc(Cl)ccc1Nc1ccc(NC(=O)c2ccccc2)cn1. The number of rotatable bonds is 4. The average Bonchev–Trinajstić information content (AvgIpc) is 2.60. The molecule has 0 unspecified atom stereocenters. The number of anilines is 3. The van der Waals surface area contributed by atoms with E-state index in [1.165, 1.54) is 0 Å². The van der Waals surface area contributed by atoms with E-state index in [4.69, 9.17) is 11.6 Å². The molecule has 5 heteroatoms. The lowest BCUT2D eigenvalue weighted by molar-refractivity contribution is 0.102. The summed E-state index contributed by atoms with van der Waals surface area (Å²) in [5.41, 5.74) is 3.22. The van der Waals surface area contributed by atoms with Crippen molar-refractivity contribution in [1.29, 1.82) is 0 Å². The van der Waals surface area contributed by atoms with E-state index in [0.29, 0.717) is 22.1 Å². The summed E-state index contributed by atoms with van der Waals surface area (Å²) < 4.78 is 0. The Balaban J connectivity index is 1.68. The number of amides is 1. The van der Waals surface area contributed by atoms with Gasteiger partial charge in [-0.15, -0.1) is 0 Å². The smallest absolute Gasteiger partial charge is 0.255 e. The summed E-state index contributed by atoms with van der Waals surface area (Å²) in [5, 5.41) is 6.75. The maximum Gasteiger partial charge on any atom is 0.255 e. The zero-order valence-corrected chi connectivity index (χ0v) is 13.8. The Hall–Kier alpha value is -2.85. The second kappa shape index (κ2) is 7.15. The van der Waals surface area contributed by atoms with Crippen LogP contribution >= 0.6 is 11.6 Å². The van der Waals surface area contributed by atoms with Crippen LogP contribution in [-0.4, -0.2) is 10.9 Å². The molecular weight excluding hydrogens is 322 g/mol. The zero-order valence-electron chi connectivity index (χ0n) is 13.1. The molecule has 4 nitrogen and oxygen atoms in total. The summed E-state index contributed by atoms with van der Waals surface area (Å²) in [6.45, 7) is 1.97. The van der Waals surface area contributed by atoms with Crippen molar-refractivity contribution in [3.05, 3.63) is 83.0 Å². The van der Waals surface area contributed by atoms with Crippen molar-refractivity contribution in [2.75, 3.05) is 10.6 Å². The van der Waals surface area contributed by atoms with Crippen LogP contribution in [0.5, 0.6) is 0 Å². The number of nitrogens with zero attached hydrogens (tertiary/aromatic N) is 1. The number of hydrogen-bond acceptors (Lipinski definition) is 3. The van der Waals surface area contributed by atoms with E-state index in [9.17, 15) is 4.79 Å². The molecule has 0 aliphatic rings. The number of aryl methyl sites for hydroxylation is 1. The van der Waals surface area contributed by atoms with Crippen LogP contribution in [0, 0.1) is 6.92 Å². The molecule has 0 fully saturated rings. The first-order valence-corrected chi connectivity index (χ1v) is 7.85. The lowest BCUT2D eigenvalue weighted by atomic mass is 10.2. The Labute approximate surface area is 145 Å². The van der Waals surface area contributed by atoms with Gasteiger partial charge < -0.3 is 10.6 Å². The minimum Gasteiger partial charge on any atom is -0.340 e. The molecule has 24 heavy (non-hydrogen) atoms. The summed E-state index contributed by atoms with van der Waals surface area (Å²) in [6, 6.07) is 18.3. The number of hydrogen-bond donors (Lipinski definition) is 2. The number of halogens is 1. The third-order valence-corrected chi connectivity index (χ3v) is 3.74. The van der Waals surface area contributed by atoms with Crippen LogP contribution in [0.4, 0.5) is 17.2 Å². The van der Waals surface area contributed by atoms with Gasteiger partial charge in [0.2, 0.25) is 0 Å². The first kappa shape index (κ1) is 16.0. The molecule has 0 saturated heterocycles. The molecule has 0 aliphatic heterocycles. The van der Waals surface area contributed by atoms with Crippen LogP contribution in [0.1, 0.15) is 15.9 Å². The second-order valence-electron chi connectivity index (χ2n) is 5.34. The molecule has 0 spiro atoms. The summed E-state index contributed by atoms with van der Waals surface area (Å²) >= 11 is 5.96. The third-order valence-electron chi connectivity index (χ3n) is 3.51. The Kier molecular flexibility index (Phi) is 4.77. The zero-order chi connectivity index (χ0) is 16.9. The molecule has 2 aromatic carbocycles. The molecule has 2 N–H and O–H groups in total. The fraction of sp³-hybridized carbons (Fsp3) is 0.0526. The van der Waals surface area contributed by atoms with Crippen molar-refractivity contribution in [3.8, 4) is 0 Å². The molecule has 120 valence electrons. The molecule has 0 radical (unpaired) electrons. The predicted octanol–water partition coefficient (Wildman–Crippen LogP) is 5.04. The van der Waals surface area contributed by atoms with Gasteiger partial charge in [-0.2, -0.15) is 0 Å². The lowest BCUT2D eigenvalue weighted by Crippen LogP contribution is -2.11. The standard InChI is InChI=1S/C19H16ClN3O/c1-13-11-15(20)7-9-17(13)23-18-10-8-16(12-21-18)22-19(24)14-5-3-2-4-6-14/h2-12H,1H3,(H,21,23)(H,22,24). The number of carbonyl (C=O) groups excluding carboxylic acids is 1. The van der Waals surface area contributed by atoms with E-state index in [1.807, 2.05) is 49.4 Å². The van der Waals surface area contributed by atoms with E-state index in [1.54, 1.807) is 24.4 Å². The van der Waals surface area contributed by atoms with E-state index in [0.717, 1.165) is 11.3 Å². The summed E-state index contributed by atoms with van der Waals surface area (Å²) in [6.07, 6.45) is 1.62. The van der Waals surface area contributed by atoms with Gasteiger partial charge in [0.05, 0.1) is 11.9 Å². The van der Waals surface area contributed by atoms with Crippen LogP contribution in [0.2, 0.25) is 5.02 Å². The largest absolute Gasteiger partial charge is 0.340 e. The van der Waals surface area contributed by atoms with Crippen LogP contribution < -0.4 is 10.6 Å². The van der Waals surface area contributed by atoms with Crippen LogP contribution in [0.25, 0.3) is 0 Å². The fourth-order valence-corrected chi connectivity index (χ4v) is 2.47. The van der Waals surface area contributed by atoms with Crippen molar-refractivity contribution in [1.82, 2.24) is 4.98 Å². The van der Waals surface area contributed by atoms with Gasteiger partial charge in [0.15, 0.2) is 0 Å². The molecular formula is C19H16ClN3O. The maximum atomic E-state index is 12.1. The van der Waals surface area contributed by atoms with Crippen molar-refractivity contribution in [3.63, 3.8) is 0 Å². The van der Waals surface area contributed by atoms with Gasteiger partial charge in [-0.1, -0.05) is 29.8 Å². The molecule has 0 aliphatic carbocycles. The van der Waals surface area contributed by atoms with E-state index < -0.39 is 0 Å². The van der Waals surface area contributed by atoms with Gasteiger partial charge in [0, 0.05) is 16.3 Å². The minimum atomic E-state index is -0.161. The Morgan fingerprint density at radius 1 is 1.04 bits per heavy atom. The van der Waals surface area contributed by atoms with Gasteiger partial charge in [-0.25, -0.2) is 4.98 Å². The van der Waals surface area contributed by atoms with Gasteiger partial charge in [0.1, 0.15) is 5.82 Å². The normalized spacial score (nSPS) is 10.2. The van der Waals surface area contributed by atoms with E-state index in [-0.39, 0.29) is 5.91 Å². The van der Waals surface area contributed by atoms with Gasteiger partial charge in [-0.3, -0.25) is 4.79 Å². The van der Waals surface area contributed by atoms with Crippen LogP contribution in [0.3, 0.4) is 0 Å². The van der Waals surface area contributed by atoms with Crippen molar-refractivity contribution in [2.24, 2.45) is 0 Å². The number of nitrogens with one attached hydrogen (secondary N) is 2. The molecule has 0 atom stereocenters. The summed E-state index contributed by atoms with van der Waals surface area (Å²) in [7, 11) is 0. The first-order chi connectivity index (χ1) is 11.6. The summed E-state index contributed by atoms with van der Waals surface area (Å²) in [4.78, 5) is 16.4. The maximum absolute atomic E-state index is 12.1. The monoisotopic (exact) mass is 337 g/mol. The second-order valence-corrected chi connectivity index (χ2v) is 5.77. The van der Waals surface area contributed by atoms with Gasteiger partial charge >= 0.3 is 0 Å². The minimum absolute atomic E-state index is 0.161. The number of pyridine rings is 1. The number of carbonyl (C=O) groups is 1. The van der Waals surface area contributed by atoms with Crippen molar-refractivity contribution >= 4 is 34.7 Å². The van der Waals surface area contributed by atoms with Gasteiger partial charge in [0.25, 0.3) is 5.91 Å². The van der Waals surface area contributed by atoms with Crippen LogP contribution in [-0.2, 0) is 0 Å². The fourth-order valence-electron chi connectivity index (χ4n) is 2.24. The average molecular weight is 338 g/mol. The molecule has 3 aromatic rings. The van der Waals surface area contributed by atoms with E-state index in [2.05, 4.69) is 15.6 Å². The first-order valence-electron chi connectivity index (χ1n) is 7.47. The topological polar surface area (TPSA) is 54.0 Å². The highest BCUT2D eigenvalue weighted by molar-refractivity contribution is 6.30. The Bertz CT molecular complexity index is 848. The van der Waals surface area contributed by atoms with E-state index >= 15 is 0 Å². The quantitative estimate of drug-likeness (QED) is 0.701. The predicted molar refractivity (Wildman–Crippen MR) is 98.1 cm³/mol. The Morgan fingerprint density at radius 3 is 2.50 bits per heavy atom. The van der Waals surface area contributed by atoms with Crippen molar-refractivity contribution < 1.29 is 4.79 Å². The molecule has 0 saturated carbocycles.